The number of ether oxygens (including phenoxy) is 1. The lowest BCUT2D eigenvalue weighted by atomic mass is 9.54. The molecule has 0 radical (unpaired) electrons. The molecule has 0 aromatic heterocycles. The van der Waals surface area contributed by atoms with Gasteiger partial charge in [-0.25, -0.2) is 4.39 Å². The van der Waals surface area contributed by atoms with Crippen LogP contribution in [0.3, 0.4) is 0 Å². The number of hydrogen-bond donors (Lipinski definition) is 2. The van der Waals surface area contributed by atoms with E-state index in [0.29, 0.717) is 23.6 Å². The molecule has 0 spiro atoms. The van der Waals surface area contributed by atoms with Crippen molar-refractivity contribution in [3.05, 3.63) is 33.6 Å². The van der Waals surface area contributed by atoms with Crippen LogP contribution in [0.2, 0.25) is 10.0 Å². The lowest BCUT2D eigenvalue weighted by molar-refractivity contribution is -0.171. The van der Waals surface area contributed by atoms with Gasteiger partial charge in [0, 0.05) is 29.0 Å². The Morgan fingerprint density at radius 2 is 2.12 bits per heavy atom. The first-order chi connectivity index (χ1) is 11.1. The van der Waals surface area contributed by atoms with E-state index in [1.54, 1.807) is 6.92 Å². The van der Waals surface area contributed by atoms with Crippen molar-refractivity contribution in [3.63, 3.8) is 0 Å². The van der Waals surface area contributed by atoms with Crippen molar-refractivity contribution in [2.24, 2.45) is 11.1 Å². The normalized spacial score (nSPS) is 26.6. The van der Waals surface area contributed by atoms with Crippen LogP contribution in [-0.4, -0.2) is 24.2 Å². The van der Waals surface area contributed by atoms with Crippen LogP contribution in [0.15, 0.2) is 12.1 Å². The van der Waals surface area contributed by atoms with Crippen LogP contribution in [0.5, 0.6) is 0 Å². The summed E-state index contributed by atoms with van der Waals surface area (Å²) in [5.74, 6) is -0.910. The molecule has 0 heterocycles. The van der Waals surface area contributed by atoms with Crippen molar-refractivity contribution >= 4 is 29.1 Å². The number of hydrogen-bond acceptors (Lipinski definition) is 3. The number of nitrogens with one attached hydrogen (secondary N) is 1. The fourth-order valence-electron chi connectivity index (χ4n) is 3.16. The van der Waals surface area contributed by atoms with Gasteiger partial charge in [0.1, 0.15) is 11.4 Å². The number of rotatable bonds is 5. The molecule has 0 bridgehead atoms. The second-order valence-electron chi connectivity index (χ2n) is 6.79. The average Bonchev–Trinajstić information content (AvgIpc) is 2.50. The van der Waals surface area contributed by atoms with Crippen LogP contribution in [0.25, 0.3) is 0 Å². The molecule has 24 heavy (non-hydrogen) atoms. The van der Waals surface area contributed by atoms with Gasteiger partial charge in [-0.3, -0.25) is 4.79 Å². The highest BCUT2D eigenvalue weighted by Gasteiger charge is 2.63. The van der Waals surface area contributed by atoms with E-state index in [4.69, 9.17) is 33.7 Å². The van der Waals surface area contributed by atoms with Crippen molar-refractivity contribution in [2.75, 3.05) is 6.61 Å². The maximum atomic E-state index is 13.7. The van der Waals surface area contributed by atoms with Gasteiger partial charge in [-0.1, -0.05) is 37.0 Å². The van der Waals surface area contributed by atoms with E-state index in [-0.39, 0.29) is 17.0 Å². The monoisotopic (exact) mass is 376 g/mol. The zero-order chi connectivity index (χ0) is 18.3. The van der Waals surface area contributed by atoms with E-state index >= 15 is 0 Å². The Morgan fingerprint density at radius 3 is 2.67 bits per heavy atom. The number of benzene rings is 1. The van der Waals surface area contributed by atoms with Gasteiger partial charge >= 0.3 is 0 Å². The van der Waals surface area contributed by atoms with Gasteiger partial charge in [0.15, 0.2) is 0 Å². The third-order valence-electron chi connectivity index (χ3n) is 5.10. The van der Waals surface area contributed by atoms with Gasteiger partial charge in [0.25, 0.3) is 0 Å². The number of amides is 1. The third kappa shape index (κ3) is 3.03. The zero-order valence-electron chi connectivity index (χ0n) is 14.3. The standard InChI is InChI=1S/C17H23Cl2FN2O2/c1-5-24-12-8-17(21,16(12,3)4)15(23)22-9(2)13-10(18)6-7-11(20)14(13)19/h6-7,9,12H,5,8,21H2,1-4H3,(H,22,23). The van der Waals surface area contributed by atoms with Gasteiger partial charge in [0.05, 0.1) is 17.2 Å². The molecule has 1 fully saturated rings. The predicted octanol–water partition coefficient (Wildman–Crippen LogP) is 3.84. The summed E-state index contributed by atoms with van der Waals surface area (Å²) < 4.78 is 19.3. The van der Waals surface area contributed by atoms with Crippen molar-refractivity contribution < 1.29 is 13.9 Å². The SMILES string of the molecule is CCOC1CC(N)(C(=O)NC(C)c2c(Cl)ccc(F)c2Cl)C1(C)C. The summed E-state index contributed by atoms with van der Waals surface area (Å²) in [6.45, 7) is 7.98. The summed E-state index contributed by atoms with van der Waals surface area (Å²) in [5, 5.41) is 3.01. The van der Waals surface area contributed by atoms with Gasteiger partial charge in [-0.15, -0.1) is 0 Å². The van der Waals surface area contributed by atoms with Crippen molar-refractivity contribution in [1.82, 2.24) is 5.32 Å². The smallest absolute Gasteiger partial charge is 0.241 e. The van der Waals surface area contributed by atoms with Crippen LogP contribution in [0.4, 0.5) is 4.39 Å². The third-order valence-corrected chi connectivity index (χ3v) is 5.81. The highest BCUT2D eigenvalue weighted by Crippen LogP contribution is 2.50. The lowest BCUT2D eigenvalue weighted by Crippen LogP contribution is -2.75. The van der Waals surface area contributed by atoms with Crippen LogP contribution in [-0.2, 0) is 9.53 Å². The molecule has 1 aliphatic carbocycles. The number of carbonyl (C=O) groups is 1. The molecule has 0 aliphatic heterocycles. The molecule has 7 heteroatoms. The quantitative estimate of drug-likeness (QED) is 0.767. The van der Waals surface area contributed by atoms with E-state index in [2.05, 4.69) is 5.32 Å². The maximum Gasteiger partial charge on any atom is 0.241 e. The Balaban J connectivity index is 2.18. The molecular weight excluding hydrogens is 354 g/mol. The Kier molecular flexibility index (Phi) is 5.50. The maximum absolute atomic E-state index is 13.7. The van der Waals surface area contributed by atoms with Crippen LogP contribution in [0, 0.1) is 11.2 Å². The van der Waals surface area contributed by atoms with Crippen LogP contribution < -0.4 is 11.1 Å². The molecule has 3 N–H and O–H groups in total. The minimum absolute atomic E-state index is 0.0742. The fraction of sp³-hybridized carbons (Fsp3) is 0.588. The summed E-state index contributed by atoms with van der Waals surface area (Å²) in [4.78, 5) is 12.7. The van der Waals surface area contributed by atoms with Gasteiger partial charge < -0.3 is 15.8 Å². The van der Waals surface area contributed by atoms with Crippen LogP contribution >= 0.6 is 23.2 Å². The first-order valence-corrected chi connectivity index (χ1v) is 8.66. The minimum atomic E-state index is -1.06. The molecule has 2 rings (SSSR count). The van der Waals surface area contributed by atoms with Gasteiger partial charge in [-0.2, -0.15) is 0 Å². The van der Waals surface area contributed by atoms with Crippen LogP contribution in [0.1, 0.15) is 45.7 Å². The summed E-state index contributed by atoms with van der Waals surface area (Å²) >= 11 is 12.1. The number of carbonyl (C=O) groups excluding carboxylic acids is 1. The van der Waals surface area contributed by atoms with Crippen molar-refractivity contribution in [2.45, 2.75) is 51.8 Å². The number of halogens is 3. The Bertz CT molecular complexity index is 654. The summed E-state index contributed by atoms with van der Waals surface area (Å²) in [7, 11) is 0. The summed E-state index contributed by atoms with van der Waals surface area (Å²) in [6.07, 6.45) is 0.353. The predicted molar refractivity (Wildman–Crippen MR) is 93.7 cm³/mol. The molecule has 1 aromatic carbocycles. The van der Waals surface area contributed by atoms with E-state index in [1.807, 2.05) is 20.8 Å². The molecule has 4 nitrogen and oxygen atoms in total. The first-order valence-electron chi connectivity index (χ1n) is 7.91. The Hall–Kier alpha value is -0.880. The topological polar surface area (TPSA) is 64.3 Å². The highest BCUT2D eigenvalue weighted by atomic mass is 35.5. The largest absolute Gasteiger partial charge is 0.378 e. The Labute approximate surface area is 151 Å². The summed E-state index contributed by atoms with van der Waals surface area (Å²) in [5.41, 5.74) is 5.11. The zero-order valence-corrected chi connectivity index (χ0v) is 15.8. The van der Waals surface area contributed by atoms with Gasteiger partial charge in [-0.05, 0) is 26.0 Å². The molecule has 3 unspecified atom stereocenters. The van der Waals surface area contributed by atoms with E-state index in [0.717, 1.165) is 0 Å². The van der Waals surface area contributed by atoms with Crippen molar-refractivity contribution in [3.8, 4) is 0 Å². The molecule has 1 saturated carbocycles. The highest BCUT2D eigenvalue weighted by molar-refractivity contribution is 6.36. The van der Waals surface area contributed by atoms with E-state index in [9.17, 15) is 9.18 Å². The molecule has 1 aromatic rings. The van der Waals surface area contributed by atoms with Crippen molar-refractivity contribution in [1.29, 1.82) is 0 Å². The molecule has 1 aliphatic rings. The molecule has 1 amide bonds. The molecular formula is C17H23Cl2FN2O2. The Morgan fingerprint density at radius 1 is 1.50 bits per heavy atom. The fourth-order valence-corrected chi connectivity index (χ4v) is 3.86. The molecule has 0 saturated heterocycles. The average molecular weight is 377 g/mol. The van der Waals surface area contributed by atoms with E-state index < -0.39 is 22.8 Å². The summed E-state index contributed by atoms with van der Waals surface area (Å²) in [6, 6.07) is 2.03. The minimum Gasteiger partial charge on any atom is -0.378 e. The second kappa shape index (κ2) is 6.79. The lowest BCUT2D eigenvalue weighted by Gasteiger charge is -2.57. The second-order valence-corrected chi connectivity index (χ2v) is 7.58. The first kappa shape index (κ1) is 19.4. The molecule has 134 valence electrons. The van der Waals surface area contributed by atoms with Gasteiger partial charge in [0.2, 0.25) is 5.91 Å². The molecule has 3 atom stereocenters. The number of nitrogens with two attached hydrogens (primary N) is 1. The van der Waals surface area contributed by atoms with E-state index in [1.165, 1.54) is 12.1 Å².